The van der Waals surface area contributed by atoms with Gasteiger partial charge in [-0.1, -0.05) is 0 Å². The molecule has 1 heterocycles. The molecule has 25 heavy (non-hydrogen) atoms. The Morgan fingerprint density at radius 3 is 2.36 bits per heavy atom. The molecule has 1 aromatic carbocycles. The number of nitrogens with two attached hydrogens (primary N) is 1. The maximum atomic E-state index is 14.3. The molecule has 2 rings (SSSR count). The van der Waals surface area contributed by atoms with Crippen LogP contribution in [0.4, 0.5) is 13.2 Å². The number of carbonyl (C=O) groups excluding carboxylic acids is 1. The summed E-state index contributed by atoms with van der Waals surface area (Å²) < 4.78 is 69.5. The minimum Gasteiger partial charge on any atom is -0.364 e. The molecule has 0 saturated heterocycles. The molecule has 6 nitrogen and oxygen atoms in total. The predicted molar refractivity (Wildman–Crippen MR) is 82.4 cm³/mol. The smallest absolute Gasteiger partial charge is 0.271 e. The molecule has 0 bridgehead atoms. The fraction of sp³-hybridized carbons (Fsp3) is 0.200. The minimum atomic E-state index is -4.25. The first kappa shape index (κ1) is 18.9. The summed E-state index contributed by atoms with van der Waals surface area (Å²) in [7, 11) is -3.42. The number of amides is 1. The first-order valence-corrected chi connectivity index (χ1v) is 8.36. The highest BCUT2D eigenvalue weighted by atomic mass is 32.2. The van der Waals surface area contributed by atoms with Gasteiger partial charge >= 0.3 is 0 Å². The van der Waals surface area contributed by atoms with Gasteiger partial charge in [-0.15, -0.1) is 0 Å². The number of aromatic nitrogens is 1. The number of pyridine rings is 1. The number of carbonyl (C=O) groups is 1. The van der Waals surface area contributed by atoms with Crippen LogP contribution in [0.25, 0.3) is 11.1 Å². The second-order valence-corrected chi connectivity index (χ2v) is 6.87. The highest BCUT2D eigenvalue weighted by Gasteiger charge is 2.25. The fourth-order valence-electron chi connectivity index (χ4n) is 2.17. The lowest BCUT2D eigenvalue weighted by atomic mass is 9.99. The molecule has 0 atom stereocenters. The zero-order chi connectivity index (χ0) is 18.9. The Hall–Kier alpha value is -2.46. The molecule has 0 saturated carbocycles. The van der Waals surface area contributed by atoms with Crippen LogP contribution < -0.4 is 5.73 Å². The highest BCUT2D eigenvalue weighted by Crippen LogP contribution is 2.31. The van der Waals surface area contributed by atoms with Crippen molar-refractivity contribution in [3.8, 4) is 11.1 Å². The Morgan fingerprint density at radius 1 is 1.20 bits per heavy atom. The van der Waals surface area contributed by atoms with Crippen LogP contribution in [-0.2, 0) is 20.1 Å². The van der Waals surface area contributed by atoms with Gasteiger partial charge in [-0.25, -0.2) is 13.2 Å². The molecule has 2 N–H and O–H groups in total. The third-order valence-corrected chi connectivity index (χ3v) is 4.63. The zero-order valence-corrected chi connectivity index (χ0v) is 14.0. The van der Waals surface area contributed by atoms with Crippen molar-refractivity contribution in [1.82, 2.24) is 4.98 Å². The standard InChI is InChI=1S/C15H13F3N2O4S/c1-7-3-12(15(19)21)20-5-9(7)8-4-11(16)10(14(18)13(8)17)6-25(22,23)24-2/h3-5H,6H2,1-2H3,(H2,19,21). The van der Waals surface area contributed by atoms with E-state index in [4.69, 9.17) is 5.73 Å². The van der Waals surface area contributed by atoms with Crippen molar-refractivity contribution in [3.05, 3.63) is 52.6 Å². The Morgan fingerprint density at radius 2 is 1.84 bits per heavy atom. The van der Waals surface area contributed by atoms with Crippen molar-refractivity contribution >= 4 is 16.0 Å². The lowest BCUT2D eigenvalue weighted by Gasteiger charge is -2.12. The fourth-order valence-corrected chi connectivity index (χ4v) is 2.91. The molecule has 0 spiro atoms. The van der Waals surface area contributed by atoms with E-state index in [1.165, 1.54) is 13.0 Å². The van der Waals surface area contributed by atoms with Crippen molar-refractivity contribution in [2.45, 2.75) is 12.7 Å². The van der Waals surface area contributed by atoms with E-state index < -0.39 is 50.4 Å². The number of nitrogens with zero attached hydrogens (tertiary/aromatic N) is 1. The van der Waals surface area contributed by atoms with Gasteiger partial charge < -0.3 is 5.73 Å². The van der Waals surface area contributed by atoms with Crippen LogP contribution in [0, 0.1) is 24.4 Å². The van der Waals surface area contributed by atoms with Crippen LogP contribution in [0.1, 0.15) is 21.6 Å². The van der Waals surface area contributed by atoms with Crippen LogP contribution in [-0.4, -0.2) is 26.4 Å². The molecule has 1 amide bonds. The number of rotatable bonds is 5. The Bertz CT molecular complexity index is 962. The number of hydrogen-bond acceptors (Lipinski definition) is 5. The van der Waals surface area contributed by atoms with Gasteiger partial charge in [0.15, 0.2) is 11.6 Å². The van der Waals surface area contributed by atoms with Gasteiger partial charge in [0.2, 0.25) is 0 Å². The lowest BCUT2D eigenvalue weighted by molar-refractivity contribution is 0.0995. The molecular weight excluding hydrogens is 361 g/mol. The van der Waals surface area contributed by atoms with Gasteiger partial charge in [-0.2, -0.15) is 8.42 Å². The topological polar surface area (TPSA) is 99.3 Å². The van der Waals surface area contributed by atoms with E-state index in [2.05, 4.69) is 9.17 Å². The molecule has 10 heteroatoms. The number of aryl methyl sites for hydroxylation is 1. The third kappa shape index (κ3) is 3.80. The van der Waals surface area contributed by atoms with Gasteiger partial charge in [0.05, 0.1) is 7.11 Å². The summed E-state index contributed by atoms with van der Waals surface area (Å²) in [6, 6.07) is 1.91. The third-order valence-electron chi connectivity index (χ3n) is 3.48. The van der Waals surface area contributed by atoms with E-state index in [-0.39, 0.29) is 11.3 Å². The zero-order valence-electron chi connectivity index (χ0n) is 13.1. The van der Waals surface area contributed by atoms with E-state index in [0.29, 0.717) is 11.6 Å². The second-order valence-electron chi connectivity index (χ2n) is 5.13. The van der Waals surface area contributed by atoms with Gasteiger partial charge in [0.25, 0.3) is 16.0 Å². The van der Waals surface area contributed by atoms with Gasteiger partial charge in [0.1, 0.15) is 17.3 Å². The van der Waals surface area contributed by atoms with Crippen molar-refractivity contribution in [1.29, 1.82) is 0 Å². The van der Waals surface area contributed by atoms with Crippen LogP contribution in [0.2, 0.25) is 0 Å². The summed E-state index contributed by atoms with van der Waals surface area (Å²) in [6.45, 7) is 1.47. The number of primary amides is 1. The Kier molecular flexibility index (Phi) is 5.14. The summed E-state index contributed by atoms with van der Waals surface area (Å²) in [5, 5.41) is 0. The maximum Gasteiger partial charge on any atom is 0.271 e. The SMILES string of the molecule is COS(=O)(=O)Cc1c(F)cc(-c2cnc(C(N)=O)cc2C)c(F)c1F. The summed E-state index contributed by atoms with van der Waals surface area (Å²) >= 11 is 0. The Labute approximate surface area is 141 Å². The molecule has 0 unspecified atom stereocenters. The Balaban J connectivity index is 2.61. The van der Waals surface area contributed by atoms with Crippen LogP contribution in [0.3, 0.4) is 0 Å². The molecular formula is C15H13F3N2O4S. The number of benzene rings is 1. The van der Waals surface area contributed by atoms with E-state index in [1.807, 2.05) is 0 Å². The number of hydrogen-bond donors (Lipinski definition) is 1. The summed E-state index contributed by atoms with van der Waals surface area (Å²) in [5.41, 5.74) is 3.89. The van der Waals surface area contributed by atoms with Crippen molar-refractivity contribution in [3.63, 3.8) is 0 Å². The first-order chi connectivity index (χ1) is 11.6. The minimum absolute atomic E-state index is 0.0291. The van der Waals surface area contributed by atoms with Gasteiger partial charge in [0, 0.05) is 22.9 Å². The van der Waals surface area contributed by atoms with Crippen LogP contribution in [0.15, 0.2) is 18.3 Å². The summed E-state index contributed by atoms with van der Waals surface area (Å²) in [5.74, 6) is -6.31. The summed E-state index contributed by atoms with van der Waals surface area (Å²) in [6.07, 6.45) is 1.05. The van der Waals surface area contributed by atoms with Gasteiger partial charge in [-0.05, 0) is 24.6 Å². The van der Waals surface area contributed by atoms with Crippen molar-refractivity contribution in [2.75, 3.05) is 7.11 Å². The molecule has 0 aliphatic carbocycles. The van der Waals surface area contributed by atoms with Crippen LogP contribution >= 0.6 is 0 Å². The van der Waals surface area contributed by atoms with E-state index >= 15 is 0 Å². The van der Waals surface area contributed by atoms with E-state index in [1.54, 1.807) is 0 Å². The molecule has 2 aromatic rings. The molecule has 1 aromatic heterocycles. The monoisotopic (exact) mass is 374 g/mol. The highest BCUT2D eigenvalue weighted by molar-refractivity contribution is 7.85. The van der Waals surface area contributed by atoms with E-state index in [9.17, 15) is 26.4 Å². The molecule has 0 fully saturated rings. The number of halogens is 3. The predicted octanol–water partition coefficient (Wildman–Crippen LogP) is 2.05. The quantitative estimate of drug-likeness (QED) is 0.638. The largest absolute Gasteiger partial charge is 0.364 e. The molecule has 0 aliphatic rings. The van der Waals surface area contributed by atoms with Gasteiger partial charge in [-0.3, -0.25) is 14.0 Å². The molecule has 0 radical (unpaired) electrons. The normalized spacial score (nSPS) is 11.6. The molecule has 134 valence electrons. The second kappa shape index (κ2) is 6.81. The average molecular weight is 374 g/mol. The van der Waals surface area contributed by atoms with E-state index in [0.717, 1.165) is 13.3 Å². The van der Waals surface area contributed by atoms with Crippen molar-refractivity contribution < 1.29 is 30.6 Å². The van der Waals surface area contributed by atoms with Crippen molar-refractivity contribution in [2.24, 2.45) is 5.73 Å². The molecule has 0 aliphatic heterocycles. The average Bonchev–Trinajstić information content (AvgIpc) is 2.55. The lowest BCUT2D eigenvalue weighted by Crippen LogP contribution is -2.13. The first-order valence-electron chi connectivity index (χ1n) is 6.79. The maximum absolute atomic E-state index is 14.3. The summed E-state index contributed by atoms with van der Waals surface area (Å²) in [4.78, 5) is 14.8. The van der Waals surface area contributed by atoms with Crippen LogP contribution in [0.5, 0.6) is 0 Å².